The van der Waals surface area contributed by atoms with Crippen LogP contribution in [0.1, 0.15) is 239 Å². The normalized spacial score (nSPS) is 13.2. The molecule has 5 heteroatoms. The van der Waals surface area contributed by atoms with Gasteiger partial charge in [0.2, 0.25) is 0 Å². The number of allylic oxidation sites excluding steroid dienone is 19. The largest absolute Gasteiger partial charge is 0.462 e. The third kappa shape index (κ3) is 54.9. The first-order valence-electron chi connectivity index (χ1n) is 28.1. The molecule has 5 nitrogen and oxygen atoms in total. The molecule has 0 saturated carbocycles. The van der Waals surface area contributed by atoms with E-state index in [1.807, 2.05) is 12.2 Å². The Morgan fingerprint density at radius 2 is 0.706 bits per heavy atom. The van der Waals surface area contributed by atoms with E-state index in [0.717, 1.165) is 103 Å². The lowest BCUT2D eigenvalue weighted by Gasteiger charge is -2.18. The smallest absolute Gasteiger partial charge is 0.310 e. The van der Waals surface area contributed by atoms with Crippen molar-refractivity contribution in [1.82, 2.24) is 0 Å². The van der Waals surface area contributed by atoms with E-state index in [9.17, 15) is 9.59 Å². The van der Waals surface area contributed by atoms with Gasteiger partial charge in [-0.15, -0.1) is 0 Å². The molecule has 0 bridgehead atoms. The number of hydrogen-bond donors (Lipinski definition) is 0. The van der Waals surface area contributed by atoms with Gasteiger partial charge in [-0.1, -0.05) is 258 Å². The number of esters is 2. The van der Waals surface area contributed by atoms with Crippen molar-refractivity contribution < 1.29 is 23.8 Å². The molecule has 1 atom stereocenters. The first-order valence-corrected chi connectivity index (χ1v) is 28.1. The van der Waals surface area contributed by atoms with Gasteiger partial charge in [0, 0.05) is 13.0 Å². The van der Waals surface area contributed by atoms with Gasteiger partial charge < -0.3 is 14.2 Å². The van der Waals surface area contributed by atoms with Crippen molar-refractivity contribution in [3.63, 3.8) is 0 Å². The highest BCUT2D eigenvalue weighted by atomic mass is 16.6. The highest BCUT2D eigenvalue weighted by molar-refractivity contribution is 5.71. The molecule has 0 aliphatic carbocycles. The zero-order valence-corrected chi connectivity index (χ0v) is 44.3. The lowest BCUT2D eigenvalue weighted by Crippen LogP contribution is -2.29. The molecule has 0 fully saturated rings. The predicted molar refractivity (Wildman–Crippen MR) is 297 cm³/mol. The molecule has 0 aromatic heterocycles. The monoisotopic (exact) mass is 941 g/mol. The minimum Gasteiger partial charge on any atom is -0.462 e. The van der Waals surface area contributed by atoms with Gasteiger partial charge in [0.1, 0.15) is 6.61 Å². The summed E-state index contributed by atoms with van der Waals surface area (Å²) >= 11 is 0. The van der Waals surface area contributed by atoms with Crippen LogP contribution >= 0.6 is 0 Å². The van der Waals surface area contributed by atoms with Gasteiger partial charge >= 0.3 is 11.9 Å². The lowest BCUT2D eigenvalue weighted by atomic mass is 10.0. The summed E-state index contributed by atoms with van der Waals surface area (Å²) in [6, 6.07) is 0. The SMILES string of the molecule is CC/C=C\C/C=C\C/C=C\C/C=C\C/C=C\CCCCCC(=O)OCC(COCCCCCCCCCCCCCCCCCCCC)OC(=O)C/C=C\C/C=C\C/C=C\C/C=C\C/C=C\CC. The highest BCUT2D eigenvalue weighted by Gasteiger charge is 2.17. The molecular weight excluding hydrogens is 837 g/mol. The number of unbranched alkanes of at least 4 members (excludes halogenated alkanes) is 20. The maximum Gasteiger partial charge on any atom is 0.310 e. The summed E-state index contributed by atoms with van der Waals surface area (Å²) in [5.41, 5.74) is 0. The highest BCUT2D eigenvalue weighted by Crippen LogP contribution is 2.15. The van der Waals surface area contributed by atoms with E-state index in [2.05, 4.69) is 130 Å². The third-order valence-electron chi connectivity index (χ3n) is 11.5. The van der Waals surface area contributed by atoms with Crippen molar-refractivity contribution in [2.45, 2.75) is 245 Å². The van der Waals surface area contributed by atoms with Gasteiger partial charge in [-0.3, -0.25) is 9.59 Å². The van der Waals surface area contributed by atoms with Crippen LogP contribution in [0.3, 0.4) is 0 Å². The van der Waals surface area contributed by atoms with E-state index in [4.69, 9.17) is 14.2 Å². The topological polar surface area (TPSA) is 61.8 Å². The second-order valence-corrected chi connectivity index (χ2v) is 18.1. The molecule has 0 radical (unpaired) electrons. The summed E-state index contributed by atoms with van der Waals surface area (Å²) in [5, 5.41) is 0. The second kappa shape index (κ2) is 57.6. The molecule has 68 heavy (non-hydrogen) atoms. The van der Waals surface area contributed by atoms with Gasteiger partial charge in [-0.2, -0.15) is 0 Å². The third-order valence-corrected chi connectivity index (χ3v) is 11.5. The van der Waals surface area contributed by atoms with Crippen LogP contribution in [-0.2, 0) is 23.8 Å². The molecule has 1 unspecified atom stereocenters. The maximum atomic E-state index is 12.8. The zero-order chi connectivity index (χ0) is 49.2. The zero-order valence-electron chi connectivity index (χ0n) is 44.3. The number of hydrogen-bond acceptors (Lipinski definition) is 5. The molecule has 0 aliphatic heterocycles. The summed E-state index contributed by atoms with van der Waals surface area (Å²) in [6.45, 7) is 7.47. The summed E-state index contributed by atoms with van der Waals surface area (Å²) in [7, 11) is 0. The van der Waals surface area contributed by atoms with E-state index >= 15 is 0 Å². The van der Waals surface area contributed by atoms with Crippen LogP contribution in [0.2, 0.25) is 0 Å². The van der Waals surface area contributed by atoms with E-state index < -0.39 is 6.10 Å². The van der Waals surface area contributed by atoms with Crippen LogP contribution in [0.4, 0.5) is 0 Å². The number of ether oxygens (including phenoxy) is 3. The van der Waals surface area contributed by atoms with Gasteiger partial charge in [0.15, 0.2) is 6.10 Å². The fourth-order valence-electron chi connectivity index (χ4n) is 7.44. The number of rotatable bonds is 50. The molecule has 0 aromatic carbocycles. The Morgan fingerprint density at radius 1 is 0.353 bits per heavy atom. The van der Waals surface area contributed by atoms with Crippen LogP contribution in [0.15, 0.2) is 122 Å². The van der Waals surface area contributed by atoms with Crippen LogP contribution in [-0.4, -0.2) is 37.9 Å². The van der Waals surface area contributed by atoms with Crippen molar-refractivity contribution in [1.29, 1.82) is 0 Å². The fourth-order valence-corrected chi connectivity index (χ4v) is 7.44. The van der Waals surface area contributed by atoms with Gasteiger partial charge in [-0.25, -0.2) is 0 Å². The molecular formula is C63H104O5. The Kier molecular flexibility index (Phi) is 54.5. The Morgan fingerprint density at radius 3 is 1.12 bits per heavy atom. The Labute approximate surface area is 420 Å². The molecule has 0 amide bonds. The average molecular weight is 942 g/mol. The maximum absolute atomic E-state index is 12.8. The van der Waals surface area contributed by atoms with Crippen molar-refractivity contribution in [3.8, 4) is 0 Å². The summed E-state index contributed by atoms with van der Waals surface area (Å²) < 4.78 is 17.3. The summed E-state index contributed by atoms with van der Waals surface area (Å²) in [5.74, 6) is -0.582. The lowest BCUT2D eigenvalue weighted by molar-refractivity contribution is -0.162. The van der Waals surface area contributed by atoms with Crippen LogP contribution in [0.5, 0.6) is 0 Å². The van der Waals surface area contributed by atoms with Gasteiger partial charge in [-0.05, 0) is 89.9 Å². The van der Waals surface area contributed by atoms with E-state index in [1.165, 1.54) is 103 Å². The van der Waals surface area contributed by atoms with Crippen molar-refractivity contribution in [2.24, 2.45) is 0 Å². The Bertz CT molecular complexity index is 1390. The standard InChI is InChI=1S/C63H104O5/c1-4-7-10-13-16-19-22-25-28-30-32-33-36-38-41-44-47-50-53-56-62(64)67-60-61(68-63(65)57-54-51-48-45-42-39-35-27-24-21-18-15-12-9-6-3)59-66-58-55-52-49-46-43-40-37-34-31-29-26-23-20-17-14-11-8-5-2/h7,9-10,12,16,18-19,21,25,27-28,32-33,35,38,41-42,45,51,54,61H,4-6,8,11,13-15,17,20,22-24,26,29-31,34,36-37,39-40,43-44,46-50,52-53,55-60H2,1-3H3/b10-7-,12-9-,19-16-,21-18-,28-25-,33-32-,35-27-,41-38-,45-42-,54-51-. The van der Waals surface area contributed by atoms with Gasteiger partial charge in [0.05, 0.1) is 13.0 Å². The minimum absolute atomic E-state index is 0.0232. The van der Waals surface area contributed by atoms with Crippen LogP contribution in [0.25, 0.3) is 0 Å². The minimum atomic E-state index is -0.611. The van der Waals surface area contributed by atoms with Crippen LogP contribution in [0, 0.1) is 0 Å². The van der Waals surface area contributed by atoms with E-state index in [1.54, 1.807) is 0 Å². The van der Waals surface area contributed by atoms with E-state index in [0.29, 0.717) is 13.0 Å². The molecule has 0 spiro atoms. The van der Waals surface area contributed by atoms with Crippen LogP contribution < -0.4 is 0 Å². The first kappa shape index (κ1) is 64.3. The predicted octanol–water partition coefficient (Wildman–Crippen LogP) is 19.3. The first-order chi connectivity index (χ1) is 33.6. The van der Waals surface area contributed by atoms with E-state index in [-0.39, 0.29) is 31.6 Å². The molecule has 0 N–H and O–H groups in total. The fraction of sp³-hybridized carbons (Fsp3) is 0.651. The van der Waals surface area contributed by atoms with Crippen molar-refractivity contribution in [3.05, 3.63) is 122 Å². The molecule has 0 heterocycles. The summed E-state index contributed by atoms with van der Waals surface area (Å²) in [6.07, 6.45) is 81.0. The quantitative estimate of drug-likeness (QED) is 0.0345. The summed E-state index contributed by atoms with van der Waals surface area (Å²) in [4.78, 5) is 25.4. The molecule has 0 saturated heterocycles. The average Bonchev–Trinajstić information content (AvgIpc) is 3.34. The Balaban J connectivity index is 4.43. The Hall–Kier alpha value is -3.70. The number of carbonyl (C=O) groups excluding carboxylic acids is 2. The second-order valence-electron chi connectivity index (χ2n) is 18.1. The molecule has 386 valence electrons. The van der Waals surface area contributed by atoms with Crippen molar-refractivity contribution >= 4 is 11.9 Å². The van der Waals surface area contributed by atoms with Gasteiger partial charge in [0.25, 0.3) is 0 Å². The molecule has 0 aromatic rings. The molecule has 0 rings (SSSR count). The van der Waals surface area contributed by atoms with Crippen molar-refractivity contribution in [2.75, 3.05) is 19.8 Å². The number of carbonyl (C=O) groups is 2. The molecule has 0 aliphatic rings.